The lowest BCUT2D eigenvalue weighted by Gasteiger charge is -2.11. The Morgan fingerprint density at radius 1 is 1.00 bits per heavy atom. The van der Waals surface area contributed by atoms with Crippen LogP contribution in [0.3, 0.4) is 0 Å². The van der Waals surface area contributed by atoms with E-state index in [1.54, 1.807) is 49.6 Å². The molecular formula is C21H24N2O5. The molecule has 0 fully saturated rings. The molecular weight excluding hydrogens is 360 g/mol. The van der Waals surface area contributed by atoms with E-state index in [0.29, 0.717) is 23.5 Å². The highest BCUT2D eigenvalue weighted by atomic mass is 16.5. The van der Waals surface area contributed by atoms with E-state index in [1.165, 1.54) is 6.07 Å². The maximum Gasteiger partial charge on any atom is 0.340 e. The van der Waals surface area contributed by atoms with Crippen LogP contribution >= 0.6 is 0 Å². The van der Waals surface area contributed by atoms with Crippen molar-refractivity contribution < 1.29 is 23.9 Å². The molecule has 28 heavy (non-hydrogen) atoms. The van der Waals surface area contributed by atoms with Gasteiger partial charge < -0.3 is 20.1 Å². The van der Waals surface area contributed by atoms with Crippen LogP contribution in [0.2, 0.25) is 0 Å². The van der Waals surface area contributed by atoms with Crippen molar-refractivity contribution in [2.45, 2.75) is 19.8 Å². The number of hydrogen-bond donors (Lipinski definition) is 2. The minimum Gasteiger partial charge on any atom is -0.497 e. The van der Waals surface area contributed by atoms with Crippen LogP contribution in [0.25, 0.3) is 0 Å². The van der Waals surface area contributed by atoms with Crippen LogP contribution in [-0.2, 0) is 9.53 Å². The van der Waals surface area contributed by atoms with Gasteiger partial charge >= 0.3 is 5.97 Å². The van der Waals surface area contributed by atoms with E-state index in [2.05, 4.69) is 10.6 Å². The lowest BCUT2D eigenvalue weighted by molar-refractivity contribution is -0.124. The Kier molecular flexibility index (Phi) is 8.02. The molecule has 148 valence electrons. The molecule has 0 aromatic heterocycles. The van der Waals surface area contributed by atoms with Gasteiger partial charge in [0.15, 0.2) is 6.61 Å². The Hall–Kier alpha value is -3.35. The van der Waals surface area contributed by atoms with Crippen molar-refractivity contribution >= 4 is 23.5 Å². The van der Waals surface area contributed by atoms with E-state index in [-0.39, 0.29) is 24.0 Å². The number of para-hydroxylation sites is 1. The van der Waals surface area contributed by atoms with Crippen LogP contribution in [0.15, 0.2) is 48.5 Å². The first-order valence-corrected chi connectivity index (χ1v) is 9.03. The molecule has 2 amide bonds. The molecule has 0 saturated carbocycles. The first-order valence-electron chi connectivity index (χ1n) is 9.03. The summed E-state index contributed by atoms with van der Waals surface area (Å²) in [6, 6.07) is 13.1. The van der Waals surface area contributed by atoms with Crippen LogP contribution in [0.5, 0.6) is 5.75 Å². The van der Waals surface area contributed by atoms with E-state index in [0.717, 1.165) is 12.8 Å². The molecule has 0 aliphatic rings. The fourth-order valence-corrected chi connectivity index (χ4v) is 2.37. The van der Waals surface area contributed by atoms with E-state index in [9.17, 15) is 14.4 Å². The second-order valence-electron chi connectivity index (χ2n) is 6.01. The van der Waals surface area contributed by atoms with Gasteiger partial charge in [-0.05, 0) is 42.8 Å². The average molecular weight is 384 g/mol. The Bertz CT molecular complexity index is 818. The summed E-state index contributed by atoms with van der Waals surface area (Å²) in [5.74, 6) is -0.782. The number of rotatable bonds is 9. The van der Waals surface area contributed by atoms with Crippen molar-refractivity contribution in [3.8, 4) is 5.75 Å². The molecule has 0 unspecified atom stereocenters. The second kappa shape index (κ2) is 10.7. The molecule has 7 heteroatoms. The molecule has 0 heterocycles. The van der Waals surface area contributed by atoms with E-state index < -0.39 is 5.97 Å². The van der Waals surface area contributed by atoms with Crippen molar-refractivity contribution in [1.29, 1.82) is 0 Å². The molecule has 0 radical (unpaired) electrons. The van der Waals surface area contributed by atoms with Crippen LogP contribution in [-0.4, -0.2) is 38.0 Å². The number of methoxy groups -OCH3 is 1. The van der Waals surface area contributed by atoms with Gasteiger partial charge in [-0.15, -0.1) is 0 Å². The normalized spacial score (nSPS) is 10.1. The third-order valence-corrected chi connectivity index (χ3v) is 3.93. The molecule has 2 N–H and O–H groups in total. The zero-order chi connectivity index (χ0) is 20.4. The number of ether oxygens (including phenoxy) is 2. The first kappa shape index (κ1) is 21.0. The zero-order valence-corrected chi connectivity index (χ0v) is 16.0. The molecule has 0 spiro atoms. The van der Waals surface area contributed by atoms with E-state index >= 15 is 0 Å². The highest BCUT2D eigenvalue weighted by molar-refractivity contribution is 6.08. The molecule has 0 aliphatic heterocycles. The van der Waals surface area contributed by atoms with E-state index in [1.807, 2.05) is 6.92 Å². The van der Waals surface area contributed by atoms with Crippen LogP contribution in [0.4, 0.5) is 5.69 Å². The number of amides is 2. The highest BCUT2D eigenvalue weighted by Gasteiger charge is 2.16. The topological polar surface area (TPSA) is 93.7 Å². The quantitative estimate of drug-likeness (QED) is 0.512. The van der Waals surface area contributed by atoms with Crippen molar-refractivity contribution in [2.75, 3.05) is 25.6 Å². The van der Waals surface area contributed by atoms with Gasteiger partial charge in [-0.25, -0.2) is 4.79 Å². The number of unbranched alkanes of at least 4 members (excludes halogenated alkanes) is 1. The van der Waals surface area contributed by atoms with Crippen LogP contribution < -0.4 is 15.4 Å². The van der Waals surface area contributed by atoms with E-state index in [4.69, 9.17) is 9.47 Å². The molecule has 7 nitrogen and oxygen atoms in total. The molecule has 2 rings (SSSR count). The lowest BCUT2D eigenvalue weighted by Crippen LogP contribution is -2.29. The first-order chi connectivity index (χ1) is 13.5. The van der Waals surface area contributed by atoms with Crippen LogP contribution in [0, 0.1) is 0 Å². The van der Waals surface area contributed by atoms with Gasteiger partial charge in [-0.2, -0.15) is 0 Å². The second-order valence-corrected chi connectivity index (χ2v) is 6.01. The van der Waals surface area contributed by atoms with Gasteiger partial charge in [0.2, 0.25) is 0 Å². The largest absolute Gasteiger partial charge is 0.497 e. The van der Waals surface area contributed by atoms with Gasteiger partial charge in [0, 0.05) is 12.1 Å². The minimum atomic E-state index is -0.684. The smallest absolute Gasteiger partial charge is 0.340 e. The average Bonchev–Trinajstić information content (AvgIpc) is 2.72. The third-order valence-electron chi connectivity index (χ3n) is 3.93. The molecule has 0 atom stereocenters. The summed E-state index contributed by atoms with van der Waals surface area (Å²) in [5.41, 5.74) is 0.893. The maximum absolute atomic E-state index is 12.4. The molecule has 2 aromatic carbocycles. The monoisotopic (exact) mass is 384 g/mol. The third kappa shape index (κ3) is 6.12. The summed E-state index contributed by atoms with van der Waals surface area (Å²) in [7, 11) is 1.54. The fourth-order valence-electron chi connectivity index (χ4n) is 2.37. The van der Waals surface area contributed by atoms with Crippen molar-refractivity contribution in [2.24, 2.45) is 0 Å². The van der Waals surface area contributed by atoms with Crippen molar-refractivity contribution in [1.82, 2.24) is 5.32 Å². The number of nitrogens with one attached hydrogen (secondary N) is 2. The van der Waals surface area contributed by atoms with Crippen molar-refractivity contribution in [3.05, 3.63) is 59.7 Å². The Labute approximate surface area is 164 Å². The summed E-state index contributed by atoms with van der Waals surface area (Å²) in [6.07, 6.45) is 1.82. The fraction of sp³-hybridized carbons (Fsp3) is 0.286. The molecule has 0 saturated heterocycles. The van der Waals surface area contributed by atoms with Gasteiger partial charge in [0.05, 0.1) is 18.4 Å². The summed E-state index contributed by atoms with van der Waals surface area (Å²) in [4.78, 5) is 36.4. The summed E-state index contributed by atoms with van der Waals surface area (Å²) < 4.78 is 10.1. The summed E-state index contributed by atoms with van der Waals surface area (Å²) in [6.45, 7) is 2.19. The van der Waals surface area contributed by atoms with Crippen molar-refractivity contribution in [3.63, 3.8) is 0 Å². The Morgan fingerprint density at radius 2 is 1.71 bits per heavy atom. The standard InChI is InChI=1S/C21H24N2O5/c1-3-4-13-22-19(24)14-28-21(26)17-7-5-6-8-18(17)23-20(25)15-9-11-16(27-2)12-10-15/h5-12H,3-4,13-14H2,1-2H3,(H,22,24)(H,23,25). The SMILES string of the molecule is CCCCNC(=O)COC(=O)c1ccccc1NC(=O)c1ccc(OC)cc1. The highest BCUT2D eigenvalue weighted by Crippen LogP contribution is 2.18. The Balaban J connectivity index is 2.00. The van der Waals surface area contributed by atoms with Gasteiger partial charge in [-0.1, -0.05) is 25.5 Å². The zero-order valence-electron chi connectivity index (χ0n) is 16.0. The molecule has 2 aromatic rings. The van der Waals surface area contributed by atoms with Gasteiger partial charge in [0.25, 0.3) is 11.8 Å². The van der Waals surface area contributed by atoms with Gasteiger partial charge in [0.1, 0.15) is 5.75 Å². The predicted octanol–water partition coefficient (Wildman–Crippen LogP) is 3.02. The molecule has 0 bridgehead atoms. The number of esters is 1. The number of carbonyl (C=O) groups is 3. The predicted molar refractivity (Wildman–Crippen MR) is 106 cm³/mol. The number of carbonyl (C=O) groups excluding carboxylic acids is 3. The molecule has 0 aliphatic carbocycles. The van der Waals surface area contributed by atoms with Gasteiger partial charge in [-0.3, -0.25) is 9.59 Å². The number of benzene rings is 2. The summed E-state index contributed by atoms with van der Waals surface area (Å²) >= 11 is 0. The maximum atomic E-state index is 12.4. The number of hydrogen-bond acceptors (Lipinski definition) is 5. The van der Waals surface area contributed by atoms with Crippen LogP contribution in [0.1, 0.15) is 40.5 Å². The lowest BCUT2D eigenvalue weighted by atomic mass is 10.1. The number of anilines is 1. The summed E-state index contributed by atoms with van der Waals surface area (Å²) in [5, 5.41) is 5.37. The minimum absolute atomic E-state index is 0.172. The Morgan fingerprint density at radius 3 is 2.39 bits per heavy atom.